The zero-order valence-corrected chi connectivity index (χ0v) is 10.3. The van der Waals surface area contributed by atoms with E-state index in [1.807, 2.05) is 0 Å². The minimum absolute atomic E-state index is 0.0214. The van der Waals surface area contributed by atoms with E-state index < -0.39 is 12.2 Å². The zero-order valence-electron chi connectivity index (χ0n) is 9.55. The summed E-state index contributed by atoms with van der Waals surface area (Å²) in [6.07, 6.45) is -0.610. The van der Waals surface area contributed by atoms with Crippen LogP contribution in [0.4, 0.5) is 0 Å². The summed E-state index contributed by atoms with van der Waals surface area (Å²) < 4.78 is 0. The molecule has 0 radical (unpaired) electrons. The van der Waals surface area contributed by atoms with Crippen LogP contribution < -0.4 is 5.73 Å². The molecule has 0 aliphatic heterocycles. The zero-order chi connectivity index (χ0) is 13.1. The molecule has 2 aromatic rings. The molecule has 5 nitrogen and oxygen atoms in total. The number of aromatic nitrogens is 2. The van der Waals surface area contributed by atoms with Crippen molar-refractivity contribution >= 4 is 11.6 Å². The summed E-state index contributed by atoms with van der Waals surface area (Å²) in [4.78, 5) is 0. The van der Waals surface area contributed by atoms with Crippen LogP contribution in [0.1, 0.15) is 11.7 Å². The first-order valence-electron chi connectivity index (χ1n) is 5.49. The lowest BCUT2D eigenvalue weighted by molar-refractivity contribution is 0.0247. The lowest BCUT2D eigenvalue weighted by Crippen LogP contribution is -2.27. The van der Waals surface area contributed by atoms with E-state index in [9.17, 15) is 10.2 Å². The number of aliphatic hydroxyl groups is 2. The van der Waals surface area contributed by atoms with Crippen molar-refractivity contribution < 1.29 is 10.2 Å². The van der Waals surface area contributed by atoms with E-state index in [2.05, 4.69) is 10.2 Å². The van der Waals surface area contributed by atoms with Crippen molar-refractivity contribution in [2.24, 2.45) is 5.73 Å². The number of hydrogen-bond donors (Lipinski definition) is 4. The van der Waals surface area contributed by atoms with Crippen LogP contribution in [-0.4, -0.2) is 33.1 Å². The summed E-state index contributed by atoms with van der Waals surface area (Å²) in [5, 5.41) is 26.8. The van der Waals surface area contributed by atoms with Crippen molar-refractivity contribution in [3.63, 3.8) is 0 Å². The van der Waals surface area contributed by atoms with Gasteiger partial charge in [0.2, 0.25) is 0 Å². The van der Waals surface area contributed by atoms with Crippen LogP contribution in [0.5, 0.6) is 0 Å². The lowest BCUT2D eigenvalue weighted by Gasteiger charge is -2.16. The van der Waals surface area contributed by atoms with Gasteiger partial charge in [-0.2, -0.15) is 5.10 Å². The SMILES string of the molecule is NCC(O)C(O)c1cn[nH]c1-c1ccc(Cl)cc1. The smallest absolute Gasteiger partial charge is 0.110 e. The Hall–Kier alpha value is -1.40. The van der Waals surface area contributed by atoms with Gasteiger partial charge in [0.25, 0.3) is 0 Å². The summed E-state index contributed by atoms with van der Waals surface area (Å²) in [7, 11) is 0. The number of halogens is 1. The van der Waals surface area contributed by atoms with Crippen LogP contribution in [0.15, 0.2) is 30.5 Å². The Morgan fingerprint density at radius 2 is 1.94 bits per heavy atom. The van der Waals surface area contributed by atoms with Crippen LogP contribution in [0, 0.1) is 0 Å². The summed E-state index contributed by atoms with van der Waals surface area (Å²) in [6.45, 7) is -0.0214. The first-order chi connectivity index (χ1) is 8.63. The standard InChI is InChI=1S/C12H14ClN3O2/c13-8-3-1-7(2-4-8)11-9(6-15-16-11)12(18)10(17)5-14/h1-4,6,10,12,17-18H,5,14H2,(H,15,16). The Morgan fingerprint density at radius 3 is 2.56 bits per heavy atom. The van der Waals surface area contributed by atoms with Gasteiger partial charge in [-0.3, -0.25) is 5.10 Å². The highest BCUT2D eigenvalue weighted by molar-refractivity contribution is 6.30. The average Bonchev–Trinajstić information content (AvgIpc) is 2.87. The van der Waals surface area contributed by atoms with Gasteiger partial charge in [0.05, 0.1) is 18.0 Å². The summed E-state index contributed by atoms with van der Waals surface area (Å²) >= 11 is 5.82. The first-order valence-corrected chi connectivity index (χ1v) is 5.86. The van der Waals surface area contributed by atoms with Crippen molar-refractivity contribution in [1.82, 2.24) is 10.2 Å². The van der Waals surface area contributed by atoms with Crippen molar-refractivity contribution in [2.45, 2.75) is 12.2 Å². The van der Waals surface area contributed by atoms with Crippen LogP contribution >= 0.6 is 11.6 Å². The first kappa shape index (κ1) is 13.0. The highest BCUT2D eigenvalue weighted by atomic mass is 35.5. The van der Waals surface area contributed by atoms with Crippen molar-refractivity contribution in [3.8, 4) is 11.3 Å². The number of benzene rings is 1. The third-order valence-electron chi connectivity index (χ3n) is 2.73. The van der Waals surface area contributed by atoms with Gasteiger partial charge in [-0.05, 0) is 12.1 Å². The van der Waals surface area contributed by atoms with E-state index >= 15 is 0 Å². The molecule has 0 aliphatic carbocycles. The Kier molecular flexibility index (Phi) is 3.98. The van der Waals surface area contributed by atoms with Gasteiger partial charge in [-0.25, -0.2) is 0 Å². The maximum Gasteiger partial charge on any atom is 0.110 e. The van der Waals surface area contributed by atoms with Crippen LogP contribution in [0.3, 0.4) is 0 Å². The fourth-order valence-electron chi connectivity index (χ4n) is 1.70. The van der Waals surface area contributed by atoms with E-state index in [1.165, 1.54) is 6.20 Å². The number of aromatic amines is 1. The van der Waals surface area contributed by atoms with Gasteiger partial charge in [-0.1, -0.05) is 23.7 Å². The maximum atomic E-state index is 9.96. The molecule has 5 N–H and O–H groups in total. The molecule has 18 heavy (non-hydrogen) atoms. The molecule has 0 saturated carbocycles. The lowest BCUT2D eigenvalue weighted by atomic mass is 10.0. The largest absolute Gasteiger partial charge is 0.389 e. The molecule has 1 aromatic carbocycles. The number of aliphatic hydroxyl groups excluding tert-OH is 2. The molecule has 0 spiro atoms. The van der Waals surface area contributed by atoms with Gasteiger partial charge in [0, 0.05) is 22.7 Å². The Labute approximate surface area is 109 Å². The molecule has 2 unspecified atom stereocenters. The number of nitrogens with zero attached hydrogens (tertiary/aromatic N) is 1. The van der Waals surface area contributed by atoms with E-state index in [-0.39, 0.29) is 6.54 Å². The molecule has 0 saturated heterocycles. The van der Waals surface area contributed by atoms with Crippen molar-refractivity contribution in [3.05, 3.63) is 41.0 Å². The number of hydrogen-bond acceptors (Lipinski definition) is 4. The molecule has 1 heterocycles. The van der Waals surface area contributed by atoms with Crippen LogP contribution in [0.2, 0.25) is 5.02 Å². The number of nitrogens with one attached hydrogen (secondary N) is 1. The van der Waals surface area contributed by atoms with Crippen LogP contribution in [-0.2, 0) is 0 Å². The minimum Gasteiger partial charge on any atom is -0.389 e. The van der Waals surface area contributed by atoms with Gasteiger partial charge in [-0.15, -0.1) is 0 Å². The summed E-state index contributed by atoms with van der Waals surface area (Å²) in [6, 6.07) is 7.10. The van der Waals surface area contributed by atoms with Gasteiger partial charge in [0.1, 0.15) is 6.10 Å². The molecule has 2 rings (SSSR count). The second-order valence-electron chi connectivity index (χ2n) is 3.96. The monoisotopic (exact) mass is 267 g/mol. The minimum atomic E-state index is -1.07. The molecule has 0 aliphatic rings. The van der Waals surface area contributed by atoms with Gasteiger partial charge in [0.15, 0.2) is 0 Å². The highest BCUT2D eigenvalue weighted by Crippen LogP contribution is 2.28. The number of nitrogens with two attached hydrogens (primary N) is 1. The quantitative estimate of drug-likeness (QED) is 0.667. The molecule has 6 heteroatoms. The normalized spacial score (nSPS) is 14.4. The molecular weight excluding hydrogens is 254 g/mol. The third kappa shape index (κ3) is 2.54. The van der Waals surface area contributed by atoms with E-state index in [1.54, 1.807) is 24.3 Å². The Morgan fingerprint density at radius 1 is 1.28 bits per heavy atom. The number of H-pyrrole nitrogens is 1. The highest BCUT2D eigenvalue weighted by Gasteiger charge is 2.22. The molecule has 1 aromatic heterocycles. The molecule has 0 bridgehead atoms. The predicted octanol–water partition coefficient (Wildman–Crippen LogP) is 1.08. The Bertz CT molecular complexity index is 512. The molecule has 0 amide bonds. The fourth-order valence-corrected chi connectivity index (χ4v) is 1.83. The fraction of sp³-hybridized carbons (Fsp3) is 0.250. The predicted molar refractivity (Wildman–Crippen MR) is 69.1 cm³/mol. The van der Waals surface area contributed by atoms with E-state index in [0.717, 1.165) is 5.56 Å². The molecule has 2 atom stereocenters. The van der Waals surface area contributed by atoms with E-state index in [4.69, 9.17) is 17.3 Å². The van der Waals surface area contributed by atoms with Crippen LogP contribution in [0.25, 0.3) is 11.3 Å². The maximum absolute atomic E-state index is 9.96. The van der Waals surface area contributed by atoms with Crippen molar-refractivity contribution in [2.75, 3.05) is 6.54 Å². The molecule has 96 valence electrons. The van der Waals surface area contributed by atoms with Gasteiger partial charge >= 0.3 is 0 Å². The third-order valence-corrected chi connectivity index (χ3v) is 2.98. The van der Waals surface area contributed by atoms with Gasteiger partial charge < -0.3 is 15.9 Å². The summed E-state index contributed by atoms with van der Waals surface area (Å²) in [5.41, 5.74) is 7.31. The molecular formula is C12H14ClN3O2. The van der Waals surface area contributed by atoms with E-state index in [0.29, 0.717) is 16.3 Å². The summed E-state index contributed by atoms with van der Waals surface area (Å²) in [5.74, 6) is 0. The number of rotatable bonds is 4. The molecule has 0 fully saturated rings. The topological polar surface area (TPSA) is 95.2 Å². The second-order valence-corrected chi connectivity index (χ2v) is 4.39. The van der Waals surface area contributed by atoms with Crippen molar-refractivity contribution in [1.29, 1.82) is 0 Å². The average molecular weight is 268 g/mol. The Balaban J connectivity index is 2.35. The second kappa shape index (κ2) is 5.49.